The molecular formula is C20H27NO4. The van der Waals surface area contributed by atoms with Gasteiger partial charge in [-0.25, -0.2) is 4.79 Å². The number of carboxylic acid groups (broad SMARTS) is 1. The van der Waals surface area contributed by atoms with Gasteiger partial charge in [-0.15, -0.1) is 0 Å². The number of likely N-dealkylation sites (tertiary alicyclic amines) is 1. The summed E-state index contributed by atoms with van der Waals surface area (Å²) in [5.41, 5.74) is 0.984. The van der Waals surface area contributed by atoms with Crippen LogP contribution in [0.25, 0.3) is 0 Å². The lowest BCUT2D eigenvalue weighted by molar-refractivity contribution is -0.146. The first-order chi connectivity index (χ1) is 12.1. The summed E-state index contributed by atoms with van der Waals surface area (Å²) >= 11 is 0. The predicted octanol–water partition coefficient (Wildman–Crippen LogP) is 3.93. The van der Waals surface area contributed by atoms with E-state index in [-0.39, 0.29) is 17.9 Å². The molecule has 1 aromatic rings. The van der Waals surface area contributed by atoms with Crippen LogP contribution in [0.5, 0.6) is 0 Å². The molecule has 1 saturated heterocycles. The molecule has 1 amide bonds. The maximum absolute atomic E-state index is 12.2. The van der Waals surface area contributed by atoms with Crippen molar-refractivity contribution >= 4 is 12.1 Å². The van der Waals surface area contributed by atoms with Crippen molar-refractivity contribution in [3.05, 3.63) is 35.9 Å². The maximum atomic E-state index is 12.2. The van der Waals surface area contributed by atoms with Crippen LogP contribution in [-0.4, -0.2) is 35.2 Å². The fourth-order valence-corrected chi connectivity index (χ4v) is 4.35. The van der Waals surface area contributed by atoms with Crippen molar-refractivity contribution in [2.24, 2.45) is 17.8 Å². The fourth-order valence-electron chi connectivity index (χ4n) is 4.35. The van der Waals surface area contributed by atoms with E-state index in [9.17, 15) is 14.7 Å². The summed E-state index contributed by atoms with van der Waals surface area (Å²) in [5.74, 6) is -0.155. The van der Waals surface area contributed by atoms with E-state index in [2.05, 4.69) is 0 Å². The molecule has 2 aliphatic rings. The molecule has 0 spiro atoms. The molecule has 2 fully saturated rings. The first-order valence-electron chi connectivity index (χ1n) is 9.33. The fraction of sp³-hybridized carbons (Fsp3) is 0.600. The number of carboxylic acids is 1. The Morgan fingerprint density at radius 3 is 2.40 bits per heavy atom. The standard InChI is InChI=1S/C20H27NO4/c22-19(23)18-9-5-4-8-17(18)16-10-12-21(13-11-16)20(24)25-14-15-6-2-1-3-7-15/h1-3,6-7,16-18H,4-5,8-14H2,(H,22,23). The Morgan fingerprint density at radius 1 is 1.04 bits per heavy atom. The minimum absolute atomic E-state index is 0.199. The molecule has 1 aromatic carbocycles. The van der Waals surface area contributed by atoms with Gasteiger partial charge in [0.15, 0.2) is 0 Å². The van der Waals surface area contributed by atoms with Gasteiger partial charge in [-0.2, -0.15) is 0 Å². The van der Waals surface area contributed by atoms with E-state index in [0.29, 0.717) is 25.6 Å². The second kappa shape index (κ2) is 8.37. The SMILES string of the molecule is O=C(O)C1CCCCC1C1CCN(C(=O)OCc2ccccc2)CC1. The molecule has 5 heteroatoms. The number of nitrogens with zero attached hydrogens (tertiary/aromatic N) is 1. The number of benzene rings is 1. The second-order valence-electron chi connectivity index (χ2n) is 7.26. The van der Waals surface area contributed by atoms with Crippen molar-refractivity contribution in [1.29, 1.82) is 0 Å². The van der Waals surface area contributed by atoms with Crippen LogP contribution in [0.3, 0.4) is 0 Å². The van der Waals surface area contributed by atoms with Crippen LogP contribution in [0.15, 0.2) is 30.3 Å². The quantitative estimate of drug-likeness (QED) is 0.898. The lowest BCUT2D eigenvalue weighted by Gasteiger charge is -2.39. The van der Waals surface area contributed by atoms with Gasteiger partial charge in [-0.1, -0.05) is 43.2 Å². The van der Waals surface area contributed by atoms with E-state index in [1.54, 1.807) is 4.90 Å². The van der Waals surface area contributed by atoms with Crippen LogP contribution in [0.2, 0.25) is 0 Å². The summed E-state index contributed by atoms with van der Waals surface area (Å²) in [4.78, 5) is 25.5. The highest BCUT2D eigenvalue weighted by molar-refractivity contribution is 5.70. The van der Waals surface area contributed by atoms with Crippen LogP contribution in [-0.2, 0) is 16.1 Å². The van der Waals surface area contributed by atoms with Gasteiger partial charge in [0, 0.05) is 13.1 Å². The molecule has 0 bridgehead atoms. The molecule has 1 aliphatic heterocycles. The topological polar surface area (TPSA) is 66.8 Å². The molecule has 5 nitrogen and oxygen atoms in total. The van der Waals surface area contributed by atoms with Gasteiger partial charge in [0.2, 0.25) is 0 Å². The molecule has 3 rings (SSSR count). The van der Waals surface area contributed by atoms with Crippen LogP contribution in [0.4, 0.5) is 4.79 Å². The van der Waals surface area contributed by atoms with Gasteiger partial charge in [0.05, 0.1) is 5.92 Å². The van der Waals surface area contributed by atoms with Gasteiger partial charge >= 0.3 is 12.1 Å². The van der Waals surface area contributed by atoms with Crippen LogP contribution < -0.4 is 0 Å². The summed E-state index contributed by atoms with van der Waals surface area (Å²) in [6.45, 7) is 1.63. The van der Waals surface area contributed by atoms with E-state index in [1.165, 1.54) is 0 Å². The zero-order valence-electron chi connectivity index (χ0n) is 14.6. The highest BCUT2D eigenvalue weighted by Gasteiger charge is 2.38. The molecule has 1 N–H and O–H groups in total. The monoisotopic (exact) mass is 345 g/mol. The van der Waals surface area contributed by atoms with Crippen molar-refractivity contribution in [1.82, 2.24) is 4.90 Å². The van der Waals surface area contributed by atoms with Crippen molar-refractivity contribution in [3.8, 4) is 0 Å². The number of hydrogen-bond acceptors (Lipinski definition) is 3. The Balaban J connectivity index is 1.47. The Morgan fingerprint density at radius 2 is 1.72 bits per heavy atom. The Hall–Kier alpha value is -2.04. The van der Waals surface area contributed by atoms with E-state index in [0.717, 1.165) is 44.1 Å². The molecule has 1 aliphatic carbocycles. The number of amides is 1. The van der Waals surface area contributed by atoms with Crippen LogP contribution in [0, 0.1) is 17.8 Å². The average Bonchev–Trinajstić information content (AvgIpc) is 2.67. The number of hydrogen-bond donors (Lipinski definition) is 1. The summed E-state index contributed by atoms with van der Waals surface area (Å²) in [7, 11) is 0. The van der Waals surface area contributed by atoms with E-state index in [1.807, 2.05) is 30.3 Å². The lowest BCUT2D eigenvalue weighted by atomic mass is 9.69. The minimum atomic E-state index is -0.644. The first kappa shape index (κ1) is 17.8. The third kappa shape index (κ3) is 4.53. The normalized spacial score (nSPS) is 24.7. The van der Waals surface area contributed by atoms with E-state index < -0.39 is 5.97 Å². The van der Waals surface area contributed by atoms with Crippen molar-refractivity contribution in [2.45, 2.75) is 45.1 Å². The lowest BCUT2D eigenvalue weighted by Crippen LogP contribution is -2.42. The molecular weight excluding hydrogens is 318 g/mol. The number of piperidine rings is 1. The van der Waals surface area contributed by atoms with Crippen LogP contribution in [0.1, 0.15) is 44.1 Å². The Labute approximate surface area is 149 Å². The van der Waals surface area contributed by atoms with E-state index >= 15 is 0 Å². The zero-order valence-corrected chi connectivity index (χ0v) is 14.6. The largest absolute Gasteiger partial charge is 0.481 e. The number of carbonyl (C=O) groups is 2. The number of rotatable bonds is 4. The number of aliphatic carboxylic acids is 1. The third-order valence-corrected chi connectivity index (χ3v) is 5.75. The molecule has 0 aromatic heterocycles. The summed E-state index contributed by atoms with van der Waals surface area (Å²) < 4.78 is 5.40. The summed E-state index contributed by atoms with van der Waals surface area (Å²) in [6, 6.07) is 9.67. The average molecular weight is 345 g/mol. The number of ether oxygens (including phenoxy) is 1. The van der Waals surface area contributed by atoms with Gasteiger partial charge < -0.3 is 14.7 Å². The molecule has 136 valence electrons. The number of carbonyl (C=O) groups excluding carboxylic acids is 1. The zero-order chi connectivity index (χ0) is 17.6. The second-order valence-corrected chi connectivity index (χ2v) is 7.26. The molecule has 2 atom stereocenters. The highest BCUT2D eigenvalue weighted by atomic mass is 16.6. The van der Waals surface area contributed by atoms with Gasteiger partial charge in [0.25, 0.3) is 0 Å². The third-order valence-electron chi connectivity index (χ3n) is 5.75. The van der Waals surface area contributed by atoms with Crippen molar-refractivity contribution in [3.63, 3.8) is 0 Å². The van der Waals surface area contributed by atoms with Gasteiger partial charge in [0.1, 0.15) is 6.61 Å². The maximum Gasteiger partial charge on any atom is 0.410 e. The molecule has 1 heterocycles. The van der Waals surface area contributed by atoms with Gasteiger partial charge in [-0.05, 0) is 43.1 Å². The predicted molar refractivity (Wildman–Crippen MR) is 94.0 cm³/mol. The Kier molecular flexibility index (Phi) is 5.95. The molecule has 25 heavy (non-hydrogen) atoms. The molecule has 2 unspecified atom stereocenters. The first-order valence-corrected chi connectivity index (χ1v) is 9.33. The van der Waals surface area contributed by atoms with Crippen LogP contribution >= 0.6 is 0 Å². The highest BCUT2D eigenvalue weighted by Crippen LogP contribution is 2.39. The smallest absolute Gasteiger partial charge is 0.410 e. The summed E-state index contributed by atoms with van der Waals surface area (Å²) in [6.07, 6.45) is 5.48. The van der Waals surface area contributed by atoms with Gasteiger partial charge in [-0.3, -0.25) is 4.79 Å². The van der Waals surface area contributed by atoms with E-state index in [4.69, 9.17) is 4.74 Å². The summed E-state index contributed by atoms with van der Waals surface area (Å²) in [5, 5.41) is 9.47. The minimum Gasteiger partial charge on any atom is -0.481 e. The molecule has 0 radical (unpaired) electrons. The van der Waals surface area contributed by atoms with Crippen molar-refractivity contribution in [2.75, 3.05) is 13.1 Å². The molecule has 1 saturated carbocycles. The van der Waals surface area contributed by atoms with Crippen molar-refractivity contribution < 1.29 is 19.4 Å². The Bertz CT molecular complexity index is 581.